The lowest BCUT2D eigenvalue weighted by Gasteiger charge is -2.03. The standard InChI is InChI=1S/C15H14N4O/c1-9-4-2-7-13(17-9)19-15(20)12-8-10-5-3-6-11(16)14(10)18-12/h2-8,18H,16H2,1H3,(H,17,19,20). The molecule has 0 radical (unpaired) electrons. The van der Waals surface area contributed by atoms with E-state index in [1.807, 2.05) is 31.2 Å². The van der Waals surface area contributed by atoms with Gasteiger partial charge in [-0.3, -0.25) is 4.79 Å². The summed E-state index contributed by atoms with van der Waals surface area (Å²) >= 11 is 0. The van der Waals surface area contributed by atoms with Crippen LogP contribution in [0.15, 0.2) is 42.5 Å². The average Bonchev–Trinajstić information content (AvgIpc) is 2.84. The first-order valence-corrected chi connectivity index (χ1v) is 6.26. The van der Waals surface area contributed by atoms with Crippen LogP contribution in [0.1, 0.15) is 16.2 Å². The average molecular weight is 266 g/mol. The summed E-state index contributed by atoms with van der Waals surface area (Å²) < 4.78 is 0. The SMILES string of the molecule is Cc1cccc(NC(=O)c2cc3cccc(N)c3[nH]2)n1. The number of nitrogens with one attached hydrogen (secondary N) is 2. The number of amides is 1. The van der Waals surface area contributed by atoms with Crippen molar-refractivity contribution in [2.75, 3.05) is 11.1 Å². The highest BCUT2D eigenvalue weighted by atomic mass is 16.1. The van der Waals surface area contributed by atoms with Crippen LogP contribution < -0.4 is 11.1 Å². The zero-order valence-electron chi connectivity index (χ0n) is 11.0. The van der Waals surface area contributed by atoms with Crippen molar-refractivity contribution in [2.45, 2.75) is 6.92 Å². The molecule has 0 aliphatic carbocycles. The van der Waals surface area contributed by atoms with Gasteiger partial charge in [0.2, 0.25) is 0 Å². The number of H-pyrrole nitrogens is 1. The minimum absolute atomic E-state index is 0.237. The number of aromatic nitrogens is 2. The van der Waals surface area contributed by atoms with E-state index in [-0.39, 0.29) is 5.91 Å². The van der Waals surface area contributed by atoms with Crippen LogP contribution in [0.4, 0.5) is 11.5 Å². The van der Waals surface area contributed by atoms with Gasteiger partial charge in [-0.05, 0) is 31.2 Å². The van der Waals surface area contributed by atoms with Crippen molar-refractivity contribution in [3.8, 4) is 0 Å². The number of aromatic amines is 1. The molecule has 0 spiro atoms. The van der Waals surface area contributed by atoms with E-state index in [0.717, 1.165) is 16.6 Å². The Balaban J connectivity index is 1.91. The van der Waals surface area contributed by atoms with Crippen LogP contribution in [0.25, 0.3) is 10.9 Å². The number of pyridine rings is 1. The van der Waals surface area contributed by atoms with E-state index in [9.17, 15) is 4.79 Å². The quantitative estimate of drug-likeness (QED) is 0.623. The molecule has 5 nitrogen and oxygen atoms in total. The largest absolute Gasteiger partial charge is 0.397 e. The summed E-state index contributed by atoms with van der Waals surface area (Å²) in [5, 5.41) is 3.67. The zero-order chi connectivity index (χ0) is 14.1. The lowest BCUT2D eigenvalue weighted by molar-refractivity contribution is 0.102. The second-order valence-corrected chi connectivity index (χ2v) is 4.61. The predicted octanol–water partition coefficient (Wildman–Crippen LogP) is 2.71. The Kier molecular flexibility index (Phi) is 2.87. The van der Waals surface area contributed by atoms with Gasteiger partial charge < -0.3 is 16.0 Å². The summed E-state index contributed by atoms with van der Waals surface area (Å²) in [7, 11) is 0. The van der Waals surface area contributed by atoms with Gasteiger partial charge in [0.1, 0.15) is 11.5 Å². The maximum Gasteiger partial charge on any atom is 0.273 e. The van der Waals surface area contributed by atoms with Gasteiger partial charge in [0.15, 0.2) is 0 Å². The van der Waals surface area contributed by atoms with Crippen molar-refractivity contribution in [3.63, 3.8) is 0 Å². The lowest BCUT2D eigenvalue weighted by Crippen LogP contribution is -2.13. The Morgan fingerprint density at radius 1 is 1.25 bits per heavy atom. The molecule has 0 saturated heterocycles. The second kappa shape index (κ2) is 4.70. The van der Waals surface area contributed by atoms with Gasteiger partial charge in [-0.25, -0.2) is 4.98 Å². The van der Waals surface area contributed by atoms with E-state index in [2.05, 4.69) is 15.3 Å². The smallest absolute Gasteiger partial charge is 0.273 e. The fourth-order valence-electron chi connectivity index (χ4n) is 2.10. The molecule has 1 amide bonds. The van der Waals surface area contributed by atoms with Gasteiger partial charge in [0.25, 0.3) is 5.91 Å². The number of rotatable bonds is 2. The van der Waals surface area contributed by atoms with Crippen molar-refractivity contribution >= 4 is 28.3 Å². The normalized spacial score (nSPS) is 10.7. The number of anilines is 2. The number of carbonyl (C=O) groups excluding carboxylic acids is 1. The molecule has 100 valence electrons. The van der Waals surface area contributed by atoms with Crippen LogP contribution in [0.2, 0.25) is 0 Å². The van der Waals surface area contributed by atoms with Crippen molar-refractivity contribution in [2.24, 2.45) is 0 Å². The highest BCUT2D eigenvalue weighted by molar-refractivity contribution is 6.06. The third-order valence-electron chi connectivity index (χ3n) is 3.06. The maximum absolute atomic E-state index is 12.2. The third kappa shape index (κ3) is 2.21. The first-order chi connectivity index (χ1) is 9.63. The highest BCUT2D eigenvalue weighted by Gasteiger charge is 2.11. The van der Waals surface area contributed by atoms with E-state index < -0.39 is 0 Å². The number of fused-ring (bicyclic) bond motifs is 1. The van der Waals surface area contributed by atoms with E-state index in [0.29, 0.717) is 17.2 Å². The molecule has 0 unspecified atom stereocenters. The zero-order valence-corrected chi connectivity index (χ0v) is 11.0. The minimum atomic E-state index is -0.237. The van der Waals surface area contributed by atoms with Crippen molar-refractivity contribution in [3.05, 3.63) is 53.9 Å². The fourth-order valence-corrected chi connectivity index (χ4v) is 2.10. The monoisotopic (exact) mass is 266 g/mol. The predicted molar refractivity (Wildman–Crippen MR) is 79.6 cm³/mol. The van der Waals surface area contributed by atoms with E-state index >= 15 is 0 Å². The van der Waals surface area contributed by atoms with Gasteiger partial charge in [-0.2, -0.15) is 0 Å². The molecule has 4 N–H and O–H groups in total. The van der Waals surface area contributed by atoms with Crippen molar-refractivity contribution in [1.82, 2.24) is 9.97 Å². The number of nitrogens with zero attached hydrogens (tertiary/aromatic N) is 1. The van der Waals surface area contributed by atoms with Gasteiger partial charge in [0, 0.05) is 11.1 Å². The number of para-hydroxylation sites is 1. The number of carbonyl (C=O) groups is 1. The topological polar surface area (TPSA) is 83.8 Å². The van der Waals surface area contributed by atoms with Crippen LogP contribution >= 0.6 is 0 Å². The Morgan fingerprint density at radius 2 is 2.05 bits per heavy atom. The molecule has 0 fully saturated rings. The van der Waals surface area contributed by atoms with Gasteiger partial charge >= 0.3 is 0 Å². The van der Waals surface area contributed by atoms with Crippen molar-refractivity contribution < 1.29 is 4.79 Å². The summed E-state index contributed by atoms with van der Waals surface area (Å²) in [6.07, 6.45) is 0. The van der Waals surface area contributed by atoms with Crippen LogP contribution in [0.3, 0.4) is 0 Å². The van der Waals surface area contributed by atoms with Crippen molar-refractivity contribution in [1.29, 1.82) is 0 Å². The molecule has 0 aliphatic heterocycles. The molecule has 0 aliphatic rings. The number of hydrogen-bond donors (Lipinski definition) is 3. The lowest BCUT2D eigenvalue weighted by atomic mass is 10.2. The Bertz CT molecular complexity index is 791. The maximum atomic E-state index is 12.2. The fraction of sp³-hybridized carbons (Fsp3) is 0.0667. The Morgan fingerprint density at radius 3 is 2.80 bits per heavy atom. The molecule has 1 aromatic carbocycles. The summed E-state index contributed by atoms with van der Waals surface area (Å²) in [4.78, 5) is 19.5. The molecule has 3 aromatic rings. The molecule has 3 rings (SSSR count). The summed E-state index contributed by atoms with van der Waals surface area (Å²) in [6, 6.07) is 12.8. The molecule has 0 saturated carbocycles. The van der Waals surface area contributed by atoms with E-state index in [4.69, 9.17) is 5.73 Å². The first-order valence-electron chi connectivity index (χ1n) is 6.26. The summed E-state index contributed by atoms with van der Waals surface area (Å²) in [5.41, 5.74) is 8.57. The molecular weight excluding hydrogens is 252 g/mol. The van der Waals surface area contributed by atoms with Crippen LogP contribution in [-0.2, 0) is 0 Å². The molecular formula is C15H14N4O. The van der Waals surface area contributed by atoms with E-state index in [1.165, 1.54) is 0 Å². The number of nitrogen functional groups attached to an aromatic ring is 1. The van der Waals surface area contributed by atoms with Crippen LogP contribution in [0.5, 0.6) is 0 Å². The van der Waals surface area contributed by atoms with Crippen LogP contribution in [0, 0.1) is 6.92 Å². The second-order valence-electron chi connectivity index (χ2n) is 4.61. The third-order valence-corrected chi connectivity index (χ3v) is 3.06. The highest BCUT2D eigenvalue weighted by Crippen LogP contribution is 2.21. The number of aryl methyl sites for hydroxylation is 1. The van der Waals surface area contributed by atoms with Gasteiger partial charge in [-0.15, -0.1) is 0 Å². The van der Waals surface area contributed by atoms with Gasteiger partial charge in [-0.1, -0.05) is 18.2 Å². The molecule has 2 aromatic heterocycles. The van der Waals surface area contributed by atoms with E-state index in [1.54, 1.807) is 18.2 Å². The summed E-state index contributed by atoms with van der Waals surface area (Å²) in [5.74, 6) is 0.292. The van der Waals surface area contributed by atoms with Gasteiger partial charge in [0.05, 0.1) is 11.2 Å². The Labute approximate surface area is 115 Å². The first kappa shape index (κ1) is 12.2. The summed E-state index contributed by atoms with van der Waals surface area (Å²) in [6.45, 7) is 1.87. The van der Waals surface area contributed by atoms with Crippen LogP contribution in [-0.4, -0.2) is 15.9 Å². The number of nitrogens with two attached hydrogens (primary N) is 1. The molecule has 5 heteroatoms. The molecule has 2 heterocycles. The molecule has 0 bridgehead atoms. The molecule has 0 atom stereocenters. The number of hydrogen-bond acceptors (Lipinski definition) is 3. The number of benzene rings is 1. The minimum Gasteiger partial charge on any atom is -0.397 e. The molecule has 20 heavy (non-hydrogen) atoms. The Hall–Kier alpha value is -2.82.